The molecule has 1 N–H and O–H groups in total. The molecule has 1 unspecified atom stereocenters. The molecular formula is C19H29NO. The van der Waals surface area contributed by atoms with Crippen molar-refractivity contribution in [3.8, 4) is 0 Å². The summed E-state index contributed by atoms with van der Waals surface area (Å²) in [5, 5.41) is 3.71. The SMILES string of the molecule is CCNC(c1cccc(C2CCC2)c1)C1(OC)CCCC1. The number of nitrogens with one attached hydrogen (secondary N) is 1. The van der Waals surface area contributed by atoms with Crippen LogP contribution in [-0.4, -0.2) is 19.3 Å². The third-order valence-electron chi connectivity index (χ3n) is 5.61. The lowest BCUT2D eigenvalue weighted by Gasteiger charge is -2.38. The van der Waals surface area contributed by atoms with Crippen LogP contribution in [0.2, 0.25) is 0 Å². The van der Waals surface area contributed by atoms with E-state index in [1.54, 1.807) is 0 Å². The molecule has 0 bridgehead atoms. The minimum atomic E-state index is -0.00571. The predicted octanol–water partition coefficient (Wildman–Crippen LogP) is 4.56. The topological polar surface area (TPSA) is 21.3 Å². The van der Waals surface area contributed by atoms with Gasteiger partial charge >= 0.3 is 0 Å². The van der Waals surface area contributed by atoms with E-state index in [9.17, 15) is 0 Å². The monoisotopic (exact) mass is 287 g/mol. The minimum absolute atomic E-state index is 0.00571. The van der Waals surface area contributed by atoms with Crippen LogP contribution in [-0.2, 0) is 4.74 Å². The van der Waals surface area contributed by atoms with Crippen LogP contribution < -0.4 is 5.32 Å². The molecule has 2 saturated carbocycles. The summed E-state index contributed by atoms with van der Waals surface area (Å²) in [6.07, 6.45) is 9.06. The lowest BCUT2D eigenvalue weighted by molar-refractivity contribution is -0.0364. The lowest BCUT2D eigenvalue weighted by atomic mass is 9.78. The van der Waals surface area contributed by atoms with Crippen molar-refractivity contribution < 1.29 is 4.74 Å². The van der Waals surface area contributed by atoms with Crippen molar-refractivity contribution in [3.63, 3.8) is 0 Å². The molecule has 0 aromatic heterocycles. The maximum atomic E-state index is 6.05. The molecule has 1 atom stereocenters. The van der Waals surface area contributed by atoms with E-state index in [0.717, 1.165) is 12.5 Å². The van der Waals surface area contributed by atoms with E-state index in [2.05, 4.69) is 36.5 Å². The Bertz CT molecular complexity index is 460. The Kier molecular flexibility index (Phi) is 4.66. The number of ether oxygens (including phenoxy) is 1. The van der Waals surface area contributed by atoms with E-state index >= 15 is 0 Å². The van der Waals surface area contributed by atoms with Crippen molar-refractivity contribution in [2.75, 3.05) is 13.7 Å². The van der Waals surface area contributed by atoms with Gasteiger partial charge in [-0.05, 0) is 49.3 Å². The molecule has 3 rings (SSSR count). The highest BCUT2D eigenvalue weighted by atomic mass is 16.5. The van der Waals surface area contributed by atoms with Gasteiger partial charge in [0.25, 0.3) is 0 Å². The second kappa shape index (κ2) is 6.50. The molecule has 2 aliphatic carbocycles. The highest BCUT2D eigenvalue weighted by molar-refractivity contribution is 5.31. The molecule has 21 heavy (non-hydrogen) atoms. The Morgan fingerprint density at radius 1 is 1.24 bits per heavy atom. The molecule has 0 heterocycles. The standard InChI is InChI=1S/C19H29NO/c1-3-20-18(19(21-2)12-4-5-13-19)17-11-7-10-16(14-17)15-8-6-9-15/h7,10-11,14-15,18,20H,3-6,8-9,12-13H2,1-2H3. The summed E-state index contributed by atoms with van der Waals surface area (Å²) in [5.41, 5.74) is 2.95. The molecule has 0 amide bonds. The van der Waals surface area contributed by atoms with Gasteiger partial charge in [0, 0.05) is 7.11 Å². The Balaban J connectivity index is 1.89. The van der Waals surface area contributed by atoms with E-state index in [4.69, 9.17) is 4.74 Å². The molecule has 2 nitrogen and oxygen atoms in total. The fourth-order valence-electron chi connectivity index (χ4n) is 4.13. The van der Waals surface area contributed by atoms with Crippen molar-refractivity contribution in [1.82, 2.24) is 5.32 Å². The Labute approximate surface area is 129 Å². The van der Waals surface area contributed by atoms with Gasteiger partial charge < -0.3 is 10.1 Å². The zero-order valence-electron chi connectivity index (χ0n) is 13.5. The van der Waals surface area contributed by atoms with Crippen LogP contribution in [0.3, 0.4) is 0 Å². The highest BCUT2D eigenvalue weighted by Gasteiger charge is 2.42. The fourth-order valence-corrected chi connectivity index (χ4v) is 4.13. The number of benzene rings is 1. The normalized spacial score (nSPS) is 23.0. The lowest BCUT2D eigenvalue weighted by Crippen LogP contribution is -2.43. The van der Waals surface area contributed by atoms with E-state index in [1.807, 2.05) is 7.11 Å². The molecule has 0 saturated heterocycles. The predicted molar refractivity (Wildman–Crippen MR) is 87.7 cm³/mol. The number of hydrogen-bond donors (Lipinski definition) is 1. The molecule has 0 spiro atoms. The van der Waals surface area contributed by atoms with Crippen LogP contribution in [0.15, 0.2) is 24.3 Å². The van der Waals surface area contributed by atoms with Crippen molar-refractivity contribution in [2.45, 2.75) is 69.4 Å². The Hall–Kier alpha value is -0.860. The van der Waals surface area contributed by atoms with Gasteiger partial charge in [-0.15, -0.1) is 0 Å². The second-order valence-electron chi connectivity index (χ2n) is 6.76. The highest BCUT2D eigenvalue weighted by Crippen LogP contribution is 2.44. The first-order valence-corrected chi connectivity index (χ1v) is 8.67. The average molecular weight is 287 g/mol. The van der Waals surface area contributed by atoms with Crippen LogP contribution in [0.5, 0.6) is 0 Å². The maximum absolute atomic E-state index is 6.05. The van der Waals surface area contributed by atoms with Crippen molar-refractivity contribution in [1.29, 1.82) is 0 Å². The molecule has 0 aliphatic heterocycles. The second-order valence-corrected chi connectivity index (χ2v) is 6.76. The smallest absolute Gasteiger partial charge is 0.0872 e. The first-order chi connectivity index (χ1) is 10.3. The average Bonchev–Trinajstić information content (AvgIpc) is 2.93. The summed E-state index contributed by atoms with van der Waals surface area (Å²) in [5.74, 6) is 0.800. The van der Waals surface area contributed by atoms with Crippen molar-refractivity contribution in [3.05, 3.63) is 35.4 Å². The summed E-state index contributed by atoms with van der Waals surface area (Å²) in [6.45, 7) is 3.19. The molecular weight excluding hydrogens is 258 g/mol. The van der Waals surface area contributed by atoms with E-state index in [0.29, 0.717) is 6.04 Å². The molecule has 2 aliphatic rings. The molecule has 1 aromatic rings. The fraction of sp³-hybridized carbons (Fsp3) is 0.684. The van der Waals surface area contributed by atoms with Crippen LogP contribution in [0.1, 0.15) is 75.0 Å². The van der Waals surface area contributed by atoms with Crippen LogP contribution in [0.25, 0.3) is 0 Å². The summed E-state index contributed by atoms with van der Waals surface area (Å²) in [4.78, 5) is 0. The van der Waals surface area contributed by atoms with E-state index in [1.165, 1.54) is 56.1 Å². The summed E-state index contributed by atoms with van der Waals surface area (Å²) < 4.78 is 6.05. The third-order valence-corrected chi connectivity index (χ3v) is 5.61. The zero-order chi connectivity index (χ0) is 14.7. The largest absolute Gasteiger partial charge is 0.376 e. The van der Waals surface area contributed by atoms with Crippen LogP contribution >= 0.6 is 0 Å². The van der Waals surface area contributed by atoms with Gasteiger partial charge in [-0.25, -0.2) is 0 Å². The Morgan fingerprint density at radius 3 is 2.57 bits per heavy atom. The molecule has 2 fully saturated rings. The van der Waals surface area contributed by atoms with Gasteiger partial charge in [0.1, 0.15) is 0 Å². The van der Waals surface area contributed by atoms with E-state index < -0.39 is 0 Å². The van der Waals surface area contributed by atoms with Crippen LogP contribution in [0.4, 0.5) is 0 Å². The van der Waals surface area contributed by atoms with Crippen molar-refractivity contribution >= 4 is 0 Å². The molecule has 0 radical (unpaired) electrons. The van der Waals surface area contributed by atoms with Crippen molar-refractivity contribution in [2.24, 2.45) is 0 Å². The number of rotatable bonds is 6. The molecule has 116 valence electrons. The van der Waals surface area contributed by atoms with Gasteiger partial charge in [0.15, 0.2) is 0 Å². The van der Waals surface area contributed by atoms with E-state index in [-0.39, 0.29) is 5.60 Å². The van der Waals surface area contributed by atoms with Crippen LogP contribution in [0, 0.1) is 0 Å². The number of methoxy groups -OCH3 is 1. The third kappa shape index (κ3) is 2.89. The van der Waals surface area contributed by atoms with Gasteiger partial charge in [-0.3, -0.25) is 0 Å². The van der Waals surface area contributed by atoms with Gasteiger partial charge in [-0.1, -0.05) is 50.5 Å². The number of likely N-dealkylation sites (N-methyl/N-ethyl adjacent to an activating group) is 1. The first kappa shape index (κ1) is 15.1. The summed E-state index contributed by atoms with van der Waals surface area (Å²) >= 11 is 0. The molecule has 1 aromatic carbocycles. The first-order valence-electron chi connectivity index (χ1n) is 8.67. The summed E-state index contributed by atoms with van der Waals surface area (Å²) in [7, 11) is 1.89. The number of hydrogen-bond acceptors (Lipinski definition) is 2. The quantitative estimate of drug-likeness (QED) is 0.828. The Morgan fingerprint density at radius 2 is 2.00 bits per heavy atom. The van der Waals surface area contributed by atoms with Gasteiger partial charge in [0.05, 0.1) is 11.6 Å². The maximum Gasteiger partial charge on any atom is 0.0872 e. The zero-order valence-corrected chi connectivity index (χ0v) is 13.5. The summed E-state index contributed by atoms with van der Waals surface area (Å²) in [6, 6.07) is 9.61. The minimum Gasteiger partial charge on any atom is -0.376 e. The molecule has 2 heteroatoms. The van der Waals surface area contributed by atoms with Gasteiger partial charge in [0.2, 0.25) is 0 Å². The van der Waals surface area contributed by atoms with Gasteiger partial charge in [-0.2, -0.15) is 0 Å².